The molecule has 0 aromatic carbocycles. The molecule has 0 saturated heterocycles. The minimum Gasteiger partial charge on any atom is -0.477 e. The highest BCUT2D eigenvalue weighted by molar-refractivity contribution is 5.76. The molecule has 0 spiro atoms. The Labute approximate surface area is 99.6 Å². The molecule has 1 N–H and O–H groups in total. The summed E-state index contributed by atoms with van der Waals surface area (Å²) in [5.74, 6) is -0.707. The van der Waals surface area contributed by atoms with Crippen molar-refractivity contribution in [2.45, 2.75) is 25.3 Å². The van der Waals surface area contributed by atoms with Gasteiger partial charge in [-0.05, 0) is 0 Å². The molecule has 96 valence electrons. The fourth-order valence-corrected chi connectivity index (χ4v) is 1.63. The number of quaternary nitrogens is 2. The topological polar surface area (TPSA) is 37.3 Å². The fraction of sp³-hybridized carbons (Fsp3) is 0.917. The molecule has 0 bridgehead atoms. The van der Waals surface area contributed by atoms with E-state index >= 15 is 0 Å². The third kappa shape index (κ3) is 4.10. The number of rotatable bonds is 6. The molecule has 4 nitrogen and oxygen atoms in total. The van der Waals surface area contributed by atoms with Gasteiger partial charge in [0.15, 0.2) is 5.54 Å². The number of carboxylic acid groups (broad SMARTS) is 1. The highest BCUT2D eigenvalue weighted by Crippen LogP contribution is 2.24. The van der Waals surface area contributed by atoms with Crippen LogP contribution >= 0.6 is 0 Å². The summed E-state index contributed by atoms with van der Waals surface area (Å²) in [6.07, 6.45) is 1.64. The minimum absolute atomic E-state index is 0.458. The van der Waals surface area contributed by atoms with Gasteiger partial charge in [-0.1, -0.05) is 0 Å². The van der Waals surface area contributed by atoms with Gasteiger partial charge in [0.25, 0.3) is 0 Å². The molecule has 0 aliphatic carbocycles. The first kappa shape index (κ1) is 15.4. The van der Waals surface area contributed by atoms with Crippen LogP contribution in [0.1, 0.15) is 19.8 Å². The van der Waals surface area contributed by atoms with Crippen LogP contribution in [0, 0.1) is 0 Å². The summed E-state index contributed by atoms with van der Waals surface area (Å²) >= 11 is 0. The predicted octanol–water partition coefficient (Wildman–Crippen LogP) is 1.02. The summed E-state index contributed by atoms with van der Waals surface area (Å²) in [5, 5.41) is 9.38. The van der Waals surface area contributed by atoms with E-state index < -0.39 is 11.5 Å². The molecular weight excluding hydrogens is 204 g/mol. The zero-order valence-electron chi connectivity index (χ0n) is 11.9. The monoisotopic (exact) mass is 232 g/mol. The summed E-state index contributed by atoms with van der Waals surface area (Å²) in [7, 11) is 12.2. The van der Waals surface area contributed by atoms with E-state index in [0.717, 1.165) is 17.4 Å². The quantitative estimate of drug-likeness (QED) is 0.694. The lowest BCUT2D eigenvalue weighted by Gasteiger charge is -2.40. The normalized spacial score (nSPS) is 16.9. The lowest BCUT2D eigenvalue weighted by molar-refractivity contribution is -0.913. The van der Waals surface area contributed by atoms with Gasteiger partial charge in [-0.15, -0.1) is 0 Å². The SMILES string of the molecule is CC(CCC[N+](C)(C)C)(C(=O)O)[N+](C)(C)C. The van der Waals surface area contributed by atoms with E-state index in [2.05, 4.69) is 21.1 Å². The second kappa shape index (κ2) is 4.72. The van der Waals surface area contributed by atoms with E-state index in [-0.39, 0.29) is 0 Å². The van der Waals surface area contributed by atoms with Gasteiger partial charge in [0.05, 0.1) is 48.8 Å². The molecule has 0 aliphatic rings. The van der Waals surface area contributed by atoms with Gasteiger partial charge in [-0.25, -0.2) is 4.79 Å². The highest BCUT2D eigenvalue weighted by Gasteiger charge is 2.45. The van der Waals surface area contributed by atoms with Gasteiger partial charge in [0, 0.05) is 19.8 Å². The number of hydrogen-bond acceptors (Lipinski definition) is 1. The largest absolute Gasteiger partial charge is 0.477 e. The molecule has 0 radical (unpaired) electrons. The van der Waals surface area contributed by atoms with Gasteiger partial charge in [0.2, 0.25) is 0 Å². The molecule has 1 atom stereocenters. The first-order valence-electron chi connectivity index (χ1n) is 5.75. The van der Waals surface area contributed by atoms with Gasteiger partial charge in [0.1, 0.15) is 0 Å². The molecule has 16 heavy (non-hydrogen) atoms. The standard InChI is InChI=1S/C12H27N2O2/c1-12(11(15)16,14(5,6)7)9-8-10-13(2,3)4/h8-10H2,1-7H3/q+1/p+1. The maximum atomic E-state index is 11.4. The van der Waals surface area contributed by atoms with Gasteiger partial charge in [-0.2, -0.15) is 0 Å². The molecule has 0 aromatic rings. The highest BCUT2D eigenvalue weighted by atomic mass is 16.4. The van der Waals surface area contributed by atoms with Crippen molar-refractivity contribution in [2.75, 3.05) is 48.8 Å². The van der Waals surface area contributed by atoms with Crippen molar-refractivity contribution in [2.24, 2.45) is 0 Å². The van der Waals surface area contributed by atoms with Crippen molar-refractivity contribution >= 4 is 5.97 Å². The zero-order valence-corrected chi connectivity index (χ0v) is 11.9. The maximum Gasteiger partial charge on any atom is 0.365 e. The molecule has 4 heteroatoms. The number of likely N-dealkylation sites (N-methyl/N-ethyl adjacent to an activating group) is 1. The third-order valence-corrected chi connectivity index (χ3v) is 3.43. The molecule has 0 rings (SSSR count). The van der Waals surface area contributed by atoms with Crippen LogP contribution in [0.4, 0.5) is 0 Å². The number of hydrogen-bond donors (Lipinski definition) is 1. The van der Waals surface area contributed by atoms with Gasteiger partial charge < -0.3 is 14.1 Å². The zero-order chi connectivity index (χ0) is 13.2. The molecule has 0 aromatic heterocycles. The average molecular weight is 232 g/mol. The van der Waals surface area contributed by atoms with Crippen LogP contribution in [0.2, 0.25) is 0 Å². The first-order chi connectivity index (χ1) is 6.90. The van der Waals surface area contributed by atoms with Crippen molar-refractivity contribution in [3.63, 3.8) is 0 Å². The average Bonchev–Trinajstić information content (AvgIpc) is 1.98. The van der Waals surface area contributed by atoms with Crippen LogP contribution in [0.3, 0.4) is 0 Å². The predicted molar refractivity (Wildman–Crippen MR) is 66.2 cm³/mol. The van der Waals surface area contributed by atoms with Crippen LogP contribution < -0.4 is 0 Å². The van der Waals surface area contributed by atoms with Crippen molar-refractivity contribution in [1.29, 1.82) is 0 Å². The van der Waals surface area contributed by atoms with E-state index in [1.54, 1.807) is 0 Å². The smallest absolute Gasteiger partial charge is 0.365 e. The van der Waals surface area contributed by atoms with Crippen LogP contribution in [0.15, 0.2) is 0 Å². The van der Waals surface area contributed by atoms with E-state index in [1.807, 2.05) is 28.1 Å². The van der Waals surface area contributed by atoms with Crippen molar-refractivity contribution in [3.05, 3.63) is 0 Å². The van der Waals surface area contributed by atoms with Crippen LogP contribution in [-0.4, -0.2) is 74.4 Å². The van der Waals surface area contributed by atoms with E-state index in [4.69, 9.17) is 0 Å². The van der Waals surface area contributed by atoms with Crippen molar-refractivity contribution in [3.8, 4) is 0 Å². The minimum atomic E-state index is -0.707. The van der Waals surface area contributed by atoms with Crippen molar-refractivity contribution in [1.82, 2.24) is 0 Å². The summed E-state index contributed by atoms with van der Waals surface area (Å²) in [6.45, 7) is 2.84. The summed E-state index contributed by atoms with van der Waals surface area (Å²) in [6, 6.07) is 0. The number of carboxylic acids is 1. The Balaban J connectivity index is 4.55. The van der Waals surface area contributed by atoms with E-state index in [1.165, 1.54) is 0 Å². The van der Waals surface area contributed by atoms with Crippen LogP contribution in [-0.2, 0) is 4.79 Å². The Morgan fingerprint density at radius 1 is 1.12 bits per heavy atom. The number of carbonyl (C=O) groups is 1. The maximum absolute atomic E-state index is 11.4. The second-order valence-corrected chi connectivity index (χ2v) is 6.71. The third-order valence-electron chi connectivity index (χ3n) is 3.43. The Morgan fingerprint density at radius 3 is 1.81 bits per heavy atom. The fourth-order valence-electron chi connectivity index (χ4n) is 1.63. The summed E-state index contributed by atoms with van der Waals surface area (Å²) in [5.41, 5.74) is -0.699. The molecular formula is C12H28N2O2+2. The second-order valence-electron chi connectivity index (χ2n) is 6.71. The van der Waals surface area contributed by atoms with Gasteiger partial charge in [-0.3, -0.25) is 0 Å². The van der Waals surface area contributed by atoms with Crippen molar-refractivity contribution < 1.29 is 18.9 Å². The lowest BCUT2D eigenvalue weighted by Crippen LogP contribution is -2.60. The Hall–Kier alpha value is -0.610. The van der Waals surface area contributed by atoms with Crippen LogP contribution in [0.5, 0.6) is 0 Å². The molecule has 0 saturated carbocycles. The van der Waals surface area contributed by atoms with Crippen LogP contribution in [0.25, 0.3) is 0 Å². The summed E-state index contributed by atoms with van der Waals surface area (Å²) in [4.78, 5) is 11.4. The Bertz CT molecular complexity index is 251. The molecule has 1 unspecified atom stereocenters. The number of nitrogens with zero attached hydrogens (tertiary/aromatic N) is 2. The molecule has 0 heterocycles. The Morgan fingerprint density at radius 2 is 1.56 bits per heavy atom. The molecule has 0 fully saturated rings. The molecule has 0 amide bonds. The van der Waals surface area contributed by atoms with E-state index in [9.17, 15) is 9.90 Å². The van der Waals surface area contributed by atoms with Gasteiger partial charge >= 0.3 is 5.97 Å². The Kier molecular flexibility index (Phi) is 4.54. The van der Waals surface area contributed by atoms with E-state index in [0.29, 0.717) is 10.9 Å². The lowest BCUT2D eigenvalue weighted by atomic mass is 9.92. The molecule has 0 aliphatic heterocycles. The number of aliphatic carboxylic acids is 1. The first-order valence-corrected chi connectivity index (χ1v) is 5.75. The summed E-state index contributed by atoms with van der Waals surface area (Å²) < 4.78 is 1.34.